The maximum absolute atomic E-state index is 13.8. The summed E-state index contributed by atoms with van der Waals surface area (Å²) >= 11 is 7.21. The minimum atomic E-state index is -0.903. The number of ether oxygens (including phenoxy) is 4. The summed E-state index contributed by atoms with van der Waals surface area (Å²) in [5.41, 5.74) is 1.06. The highest BCUT2D eigenvalue weighted by atomic mass is 35.5. The summed E-state index contributed by atoms with van der Waals surface area (Å²) in [5.74, 6) is -0.614. The Kier molecular flexibility index (Phi) is 8.96. The lowest BCUT2D eigenvalue weighted by atomic mass is 9.95. The number of hydrogen-bond acceptors (Lipinski definition) is 10. The zero-order chi connectivity index (χ0) is 29.0. The smallest absolute Gasteiger partial charge is 0.343 e. The van der Waals surface area contributed by atoms with Crippen LogP contribution in [0.5, 0.6) is 17.2 Å². The summed E-state index contributed by atoms with van der Waals surface area (Å²) in [6, 6.07) is 8.55. The van der Waals surface area contributed by atoms with Crippen molar-refractivity contribution in [3.63, 3.8) is 0 Å². The standard InChI is InChI=1S/C28H27ClN2O8S/c1-5-37-21-12-16(7-10-20(21)39-14-23(33)36-4)25-24(27(35)38-6-2)15(3)30-28-31(25)26(34)22(40-28)13-17-11-18(29)8-9-19(17)32/h7-13,25,32H,5-6,14H2,1-4H3/b22-13-/t25-/m0/s1. The lowest BCUT2D eigenvalue weighted by molar-refractivity contribution is -0.143. The monoisotopic (exact) mass is 586 g/mol. The van der Waals surface area contributed by atoms with E-state index in [2.05, 4.69) is 9.73 Å². The van der Waals surface area contributed by atoms with Gasteiger partial charge in [-0.15, -0.1) is 0 Å². The number of esters is 2. The average Bonchev–Trinajstić information content (AvgIpc) is 3.23. The largest absolute Gasteiger partial charge is 0.507 e. The Morgan fingerprint density at radius 3 is 2.60 bits per heavy atom. The van der Waals surface area contributed by atoms with Crippen LogP contribution in [0.3, 0.4) is 0 Å². The number of carbonyl (C=O) groups is 2. The topological polar surface area (TPSA) is 126 Å². The zero-order valence-corrected chi connectivity index (χ0v) is 23.8. The lowest BCUT2D eigenvalue weighted by Crippen LogP contribution is -2.40. The van der Waals surface area contributed by atoms with Crippen LogP contribution in [0.4, 0.5) is 0 Å². The number of nitrogens with zero attached hydrogens (tertiary/aromatic N) is 2. The van der Waals surface area contributed by atoms with Gasteiger partial charge in [0.05, 0.1) is 42.2 Å². The van der Waals surface area contributed by atoms with Crippen molar-refractivity contribution in [2.24, 2.45) is 4.99 Å². The van der Waals surface area contributed by atoms with E-state index in [0.717, 1.165) is 11.3 Å². The molecule has 12 heteroatoms. The van der Waals surface area contributed by atoms with Crippen LogP contribution >= 0.6 is 22.9 Å². The maximum Gasteiger partial charge on any atom is 0.343 e. The first-order valence-electron chi connectivity index (χ1n) is 12.3. The summed E-state index contributed by atoms with van der Waals surface area (Å²) in [4.78, 5) is 43.5. The van der Waals surface area contributed by atoms with Gasteiger partial charge < -0.3 is 24.1 Å². The molecule has 1 aromatic heterocycles. The van der Waals surface area contributed by atoms with Crippen molar-refractivity contribution in [1.82, 2.24) is 4.57 Å². The molecular weight excluding hydrogens is 560 g/mol. The van der Waals surface area contributed by atoms with E-state index >= 15 is 0 Å². The fraction of sp³-hybridized carbons (Fsp3) is 0.286. The van der Waals surface area contributed by atoms with Gasteiger partial charge in [0.2, 0.25) is 0 Å². The number of carbonyl (C=O) groups excluding carboxylic acids is 2. The fourth-order valence-corrected chi connectivity index (χ4v) is 5.39. The molecule has 0 saturated carbocycles. The number of allylic oxidation sites excluding steroid dienone is 1. The van der Waals surface area contributed by atoms with Crippen LogP contribution < -0.4 is 24.4 Å². The van der Waals surface area contributed by atoms with Gasteiger partial charge in [-0.2, -0.15) is 0 Å². The van der Waals surface area contributed by atoms with E-state index in [1.807, 2.05) is 0 Å². The number of thiazole rings is 1. The minimum Gasteiger partial charge on any atom is -0.507 e. The molecule has 0 radical (unpaired) electrons. The van der Waals surface area contributed by atoms with Crippen molar-refractivity contribution < 1.29 is 33.6 Å². The van der Waals surface area contributed by atoms with Gasteiger partial charge in [-0.1, -0.05) is 29.0 Å². The second-order valence-corrected chi connectivity index (χ2v) is 9.95. The van der Waals surface area contributed by atoms with Crippen molar-refractivity contribution in [2.75, 3.05) is 26.9 Å². The highest BCUT2D eigenvalue weighted by molar-refractivity contribution is 7.07. The first-order chi connectivity index (χ1) is 19.2. The lowest BCUT2D eigenvalue weighted by Gasteiger charge is -2.25. The van der Waals surface area contributed by atoms with Crippen molar-refractivity contribution in [1.29, 1.82) is 0 Å². The number of hydrogen-bond donors (Lipinski definition) is 1. The minimum absolute atomic E-state index is 0.0425. The molecule has 3 aromatic rings. The first-order valence-corrected chi connectivity index (χ1v) is 13.5. The zero-order valence-electron chi connectivity index (χ0n) is 22.2. The van der Waals surface area contributed by atoms with Gasteiger partial charge in [-0.25, -0.2) is 14.6 Å². The molecule has 1 atom stereocenters. The van der Waals surface area contributed by atoms with E-state index in [0.29, 0.717) is 44.8 Å². The summed E-state index contributed by atoms with van der Waals surface area (Å²) in [7, 11) is 1.26. The molecule has 40 heavy (non-hydrogen) atoms. The van der Waals surface area contributed by atoms with Crippen LogP contribution in [0.2, 0.25) is 5.02 Å². The molecule has 1 aliphatic heterocycles. The second kappa shape index (κ2) is 12.4. The van der Waals surface area contributed by atoms with Crippen LogP contribution in [0, 0.1) is 0 Å². The van der Waals surface area contributed by atoms with Crippen molar-refractivity contribution in [3.8, 4) is 17.2 Å². The third-order valence-electron chi connectivity index (χ3n) is 5.95. The molecule has 1 aliphatic rings. The predicted octanol–water partition coefficient (Wildman–Crippen LogP) is 3.11. The molecule has 0 aliphatic carbocycles. The third kappa shape index (κ3) is 5.90. The Balaban J connectivity index is 1.92. The normalized spacial score (nSPS) is 14.8. The number of aromatic nitrogens is 1. The number of fused-ring (bicyclic) bond motifs is 1. The number of methoxy groups -OCH3 is 1. The van der Waals surface area contributed by atoms with E-state index in [-0.39, 0.29) is 29.1 Å². The average molecular weight is 587 g/mol. The maximum atomic E-state index is 13.8. The molecule has 2 aromatic carbocycles. The van der Waals surface area contributed by atoms with Gasteiger partial charge >= 0.3 is 11.9 Å². The van der Waals surface area contributed by atoms with Gasteiger partial charge in [0.1, 0.15) is 5.75 Å². The molecular formula is C28H27ClN2O8S. The summed E-state index contributed by atoms with van der Waals surface area (Å²) < 4.78 is 23.0. The molecule has 0 fully saturated rings. The van der Waals surface area contributed by atoms with Crippen molar-refractivity contribution >= 4 is 41.0 Å². The van der Waals surface area contributed by atoms with Crippen LogP contribution in [-0.2, 0) is 19.1 Å². The Labute approximate surface area is 238 Å². The molecule has 0 spiro atoms. The van der Waals surface area contributed by atoms with Crippen LogP contribution in [0.1, 0.15) is 37.9 Å². The van der Waals surface area contributed by atoms with E-state index in [1.54, 1.807) is 51.1 Å². The van der Waals surface area contributed by atoms with Crippen LogP contribution in [0.15, 0.2) is 57.5 Å². The van der Waals surface area contributed by atoms with Gasteiger partial charge in [0, 0.05) is 10.6 Å². The van der Waals surface area contributed by atoms with Gasteiger partial charge in [0.25, 0.3) is 5.56 Å². The number of aromatic hydroxyl groups is 1. The highest BCUT2D eigenvalue weighted by Gasteiger charge is 2.34. The van der Waals surface area contributed by atoms with Gasteiger partial charge in [-0.05, 0) is 62.7 Å². The SMILES string of the molecule is CCOC(=O)C1=C(C)N=c2s/c(=C\c3cc(Cl)ccc3O)c(=O)n2[C@H]1c1ccc(OCC(=O)OC)c(OCC)c1. The Hall–Kier alpha value is -4.09. The molecule has 0 bridgehead atoms. The quantitative estimate of drug-likeness (QED) is 0.379. The Morgan fingerprint density at radius 2 is 1.90 bits per heavy atom. The summed E-state index contributed by atoms with van der Waals surface area (Å²) in [5, 5.41) is 10.7. The molecule has 0 saturated heterocycles. The van der Waals surface area contributed by atoms with E-state index in [4.69, 9.17) is 25.8 Å². The third-order valence-corrected chi connectivity index (χ3v) is 7.17. The number of halogens is 1. The molecule has 2 heterocycles. The second-order valence-electron chi connectivity index (χ2n) is 8.51. The van der Waals surface area contributed by atoms with Crippen LogP contribution in [-0.4, -0.2) is 48.5 Å². The molecule has 0 amide bonds. The van der Waals surface area contributed by atoms with Crippen molar-refractivity contribution in [3.05, 3.63) is 83.5 Å². The van der Waals surface area contributed by atoms with Crippen molar-refractivity contribution in [2.45, 2.75) is 26.8 Å². The molecule has 0 unspecified atom stereocenters. The molecule has 1 N–H and O–H groups in total. The number of phenolic OH excluding ortho intramolecular Hbond substituents is 1. The van der Waals surface area contributed by atoms with Gasteiger partial charge in [0.15, 0.2) is 22.9 Å². The molecule has 210 valence electrons. The van der Waals surface area contributed by atoms with Crippen LogP contribution in [0.25, 0.3) is 6.08 Å². The predicted molar refractivity (Wildman–Crippen MR) is 149 cm³/mol. The van der Waals surface area contributed by atoms with Gasteiger partial charge in [-0.3, -0.25) is 9.36 Å². The molecule has 4 rings (SSSR count). The summed E-state index contributed by atoms with van der Waals surface area (Å²) in [6.07, 6.45) is 1.53. The number of benzene rings is 2. The summed E-state index contributed by atoms with van der Waals surface area (Å²) in [6.45, 7) is 5.26. The van der Waals surface area contributed by atoms with E-state index < -0.39 is 23.5 Å². The molecule has 10 nitrogen and oxygen atoms in total. The Bertz CT molecular complexity index is 1670. The van der Waals surface area contributed by atoms with E-state index in [1.165, 1.54) is 23.8 Å². The van der Waals surface area contributed by atoms with E-state index in [9.17, 15) is 19.5 Å². The first kappa shape index (κ1) is 28.9. The number of rotatable bonds is 9. The fourth-order valence-electron chi connectivity index (χ4n) is 4.17. The Morgan fingerprint density at radius 1 is 1.12 bits per heavy atom. The number of phenols is 1. The highest BCUT2D eigenvalue weighted by Crippen LogP contribution is 2.36.